The number of alkyl halides is 2. The van der Waals surface area contributed by atoms with E-state index in [0.717, 1.165) is 13.1 Å². The molecule has 4 rings (SSSR count). The maximum absolute atomic E-state index is 13.8. The van der Waals surface area contributed by atoms with Crippen molar-refractivity contribution in [2.75, 3.05) is 13.1 Å². The van der Waals surface area contributed by atoms with Crippen LogP contribution < -0.4 is 0 Å². The third kappa shape index (κ3) is 2.59. The summed E-state index contributed by atoms with van der Waals surface area (Å²) in [5, 5.41) is 8.72. The third-order valence-electron chi connectivity index (χ3n) is 5.33. The number of aromatic nitrogens is 2. The van der Waals surface area contributed by atoms with Gasteiger partial charge < -0.3 is 5.11 Å². The highest BCUT2D eigenvalue weighted by molar-refractivity contribution is 6.28. The van der Waals surface area contributed by atoms with Crippen LogP contribution in [0.25, 0.3) is 0 Å². The van der Waals surface area contributed by atoms with Crippen molar-refractivity contribution >= 4 is 17.6 Å². The molecule has 0 spiro atoms. The van der Waals surface area contributed by atoms with Crippen molar-refractivity contribution in [2.24, 2.45) is 17.8 Å². The lowest BCUT2D eigenvalue weighted by Gasteiger charge is -2.20. The van der Waals surface area contributed by atoms with Crippen LogP contribution in [-0.4, -0.2) is 39.0 Å². The van der Waals surface area contributed by atoms with Gasteiger partial charge in [0.15, 0.2) is 0 Å². The number of carboxylic acid groups (broad SMARTS) is 1. The molecule has 2 heterocycles. The molecular weight excluding hydrogens is 328 g/mol. The van der Waals surface area contributed by atoms with E-state index in [1.54, 1.807) is 0 Å². The SMILES string of the molecule is O=C(O)C[C@H]1[C@H]2CN(Cc3nc(Cl)nc4c3CCC4(F)F)C[C@@H]12. The van der Waals surface area contributed by atoms with Crippen molar-refractivity contribution < 1.29 is 18.7 Å². The Morgan fingerprint density at radius 1 is 1.35 bits per heavy atom. The zero-order valence-electron chi connectivity index (χ0n) is 12.3. The van der Waals surface area contributed by atoms with Crippen LogP contribution >= 0.6 is 11.6 Å². The number of likely N-dealkylation sites (tertiary alicyclic amines) is 1. The van der Waals surface area contributed by atoms with Crippen LogP contribution in [0.15, 0.2) is 0 Å². The summed E-state index contributed by atoms with van der Waals surface area (Å²) in [5.74, 6) is -2.57. The largest absolute Gasteiger partial charge is 0.481 e. The van der Waals surface area contributed by atoms with Gasteiger partial charge in [-0.25, -0.2) is 9.97 Å². The van der Waals surface area contributed by atoms with Crippen molar-refractivity contribution in [2.45, 2.75) is 31.7 Å². The molecule has 0 unspecified atom stereocenters. The Hall–Kier alpha value is -1.34. The molecule has 0 aromatic carbocycles. The normalized spacial score (nSPS) is 31.0. The van der Waals surface area contributed by atoms with Crippen molar-refractivity contribution in [3.8, 4) is 0 Å². The number of halogens is 3. The van der Waals surface area contributed by atoms with Gasteiger partial charge in [0, 0.05) is 38.0 Å². The molecule has 3 aliphatic rings. The number of carboxylic acids is 1. The molecule has 8 heteroatoms. The molecular formula is C15H16ClF2N3O2. The Labute approximate surface area is 136 Å². The van der Waals surface area contributed by atoms with E-state index in [1.165, 1.54) is 0 Å². The van der Waals surface area contributed by atoms with Gasteiger partial charge in [-0.2, -0.15) is 8.78 Å². The Kier molecular flexibility index (Phi) is 3.36. The standard InChI is InChI=1S/C15H16ClF2N3O2/c16-14-19-11(7-1-2-15(17,18)13(7)20-14)6-21-4-9-8(3-12(22)23)10(9)5-21/h8-10H,1-6H2,(H,22,23)/t8-,9+,10-. The smallest absolute Gasteiger partial charge is 0.303 e. The average molecular weight is 344 g/mol. The summed E-state index contributed by atoms with van der Waals surface area (Å²) >= 11 is 5.82. The number of piperidine rings is 1. The lowest BCUT2D eigenvalue weighted by molar-refractivity contribution is -0.137. The van der Waals surface area contributed by atoms with Crippen LogP contribution in [0.5, 0.6) is 0 Å². The lowest BCUT2D eigenvalue weighted by atomic mass is 10.1. The number of nitrogens with zero attached hydrogens (tertiary/aromatic N) is 3. The molecule has 2 aliphatic carbocycles. The predicted octanol–water partition coefficient (Wildman–Crippen LogP) is 2.32. The zero-order chi connectivity index (χ0) is 16.4. The van der Waals surface area contributed by atoms with Gasteiger partial charge in [-0.05, 0) is 35.8 Å². The summed E-state index contributed by atoms with van der Waals surface area (Å²) in [4.78, 5) is 20.8. The highest BCUT2D eigenvalue weighted by atomic mass is 35.5. The molecule has 1 aliphatic heterocycles. The van der Waals surface area contributed by atoms with Crippen LogP contribution in [0.3, 0.4) is 0 Å². The fourth-order valence-corrected chi connectivity index (χ4v) is 4.37. The summed E-state index contributed by atoms with van der Waals surface area (Å²) in [5.41, 5.74) is 0.899. The van der Waals surface area contributed by atoms with E-state index >= 15 is 0 Å². The first-order chi connectivity index (χ1) is 10.8. The first-order valence-corrected chi connectivity index (χ1v) is 8.10. The zero-order valence-corrected chi connectivity index (χ0v) is 13.1. The highest BCUT2D eigenvalue weighted by Crippen LogP contribution is 2.54. The number of aliphatic carboxylic acids is 1. The number of hydrogen-bond donors (Lipinski definition) is 1. The molecule has 5 nitrogen and oxygen atoms in total. The molecule has 0 bridgehead atoms. The van der Waals surface area contributed by atoms with Gasteiger partial charge >= 0.3 is 5.97 Å². The van der Waals surface area contributed by atoms with Gasteiger partial charge in [0.05, 0.1) is 5.69 Å². The second-order valence-electron chi connectivity index (χ2n) is 6.75. The van der Waals surface area contributed by atoms with Gasteiger partial charge in [0.1, 0.15) is 5.69 Å². The maximum Gasteiger partial charge on any atom is 0.303 e. The summed E-state index contributed by atoms with van der Waals surface area (Å²) in [6.45, 7) is 2.08. The highest BCUT2D eigenvalue weighted by Gasteiger charge is 2.56. The number of hydrogen-bond acceptors (Lipinski definition) is 4. The van der Waals surface area contributed by atoms with Gasteiger partial charge in [-0.1, -0.05) is 0 Å². The topological polar surface area (TPSA) is 66.3 Å². The third-order valence-corrected chi connectivity index (χ3v) is 5.50. The fourth-order valence-electron chi connectivity index (χ4n) is 4.18. The Morgan fingerprint density at radius 2 is 2.04 bits per heavy atom. The summed E-state index contributed by atoms with van der Waals surface area (Å²) in [6, 6.07) is 0. The van der Waals surface area contributed by atoms with Crippen LogP contribution in [0.1, 0.15) is 29.8 Å². The van der Waals surface area contributed by atoms with Gasteiger partial charge in [0.2, 0.25) is 5.28 Å². The van der Waals surface area contributed by atoms with E-state index in [2.05, 4.69) is 14.9 Å². The second-order valence-corrected chi connectivity index (χ2v) is 7.09. The molecule has 1 saturated heterocycles. The van der Waals surface area contributed by atoms with Crippen LogP contribution in [0, 0.1) is 17.8 Å². The number of fused-ring (bicyclic) bond motifs is 2. The van der Waals surface area contributed by atoms with Gasteiger partial charge in [-0.3, -0.25) is 9.69 Å². The van der Waals surface area contributed by atoms with E-state index < -0.39 is 11.9 Å². The van der Waals surface area contributed by atoms with Crippen molar-refractivity contribution in [1.82, 2.24) is 14.9 Å². The molecule has 1 saturated carbocycles. The van der Waals surface area contributed by atoms with E-state index in [9.17, 15) is 13.6 Å². The predicted molar refractivity (Wildman–Crippen MR) is 77.3 cm³/mol. The molecule has 0 amide bonds. The van der Waals surface area contributed by atoms with Crippen molar-refractivity contribution in [1.29, 1.82) is 0 Å². The van der Waals surface area contributed by atoms with Crippen LogP contribution in [-0.2, 0) is 23.7 Å². The second kappa shape index (κ2) is 5.08. The first-order valence-electron chi connectivity index (χ1n) is 7.73. The van der Waals surface area contributed by atoms with E-state index in [1.807, 2.05) is 0 Å². The molecule has 1 N–H and O–H groups in total. The van der Waals surface area contributed by atoms with E-state index in [4.69, 9.17) is 16.7 Å². The van der Waals surface area contributed by atoms with Crippen molar-refractivity contribution in [3.63, 3.8) is 0 Å². The van der Waals surface area contributed by atoms with Crippen molar-refractivity contribution in [3.05, 3.63) is 22.2 Å². The lowest BCUT2D eigenvalue weighted by Crippen LogP contribution is -2.26. The molecule has 2 fully saturated rings. The van der Waals surface area contributed by atoms with Crippen LogP contribution in [0.2, 0.25) is 5.28 Å². The average Bonchev–Trinajstić information content (AvgIpc) is 2.81. The first kappa shape index (κ1) is 15.2. The Morgan fingerprint density at radius 3 is 2.70 bits per heavy atom. The van der Waals surface area contributed by atoms with Crippen LogP contribution in [0.4, 0.5) is 8.78 Å². The Balaban J connectivity index is 1.47. The van der Waals surface area contributed by atoms with E-state index in [0.29, 0.717) is 29.6 Å². The number of carbonyl (C=O) groups is 1. The minimum atomic E-state index is -2.92. The van der Waals surface area contributed by atoms with Gasteiger partial charge in [0.25, 0.3) is 5.92 Å². The molecule has 124 valence electrons. The molecule has 1 aromatic rings. The molecule has 3 atom stereocenters. The maximum atomic E-state index is 13.8. The Bertz CT molecular complexity index is 673. The summed E-state index contributed by atoms with van der Waals surface area (Å²) < 4.78 is 27.7. The van der Waals surface area contributed by atoms with E-state index in [-0.39, 0.29) is 36.2 Å². The summed E-state index contributed by atoms with van der Waals surface area (Å²) in [6.07, 6.45) is 0.262. The minimum absolute atomic E-state index is 0.131. The minimum Gasteiger partial charge on any atom is -0.481 e. The fraction of sp³-hybridized carbons (Fsp3) is 0.667. The molecule has 23 heavy (non-hydrogen) atoms. The van der Waals surface area contributed by atoms with Gasteiger partial charge in [-0.15, -0.1) is 0 Å². The molecule has 0 radical (unpaired) electrons. The molecule has 1 aromatic heterocycles. The number of rotatable bonds is 4. The monoisotopic (exact) mass is 343 g/mol. The quantitative estimate of drug-likeness (QED) is 0.850. The summed E-state index contributed by atoms with van der Waals surface area (Å²) in [7, 11) is 0.